The predicted molar refractivity (Wildman–Crippen MR) is 76.3 cm³/mol. The summed E-state index contributed by atoms with van der Waals surface area (Å²) in [6.45, 7) is 7.27. The maximum atomic E-state index is 4.53. The third-order valence-electron chi connectivity index (χ3n) is 3.06. The molecule has 0 radical (unpaired) electrons. The van der Waals surface area contributed by atoms with Gasteiger partial charge in [0.1, 0.15) is 0 Å². The van der Waals surface area contributed by atoms with Gasteiger partial charge in [0.05, 0.1) is 17.4 Å². The molecule has 0 spiro atoms. The Kier molecular flexibility index (Phi) is 6.53. The summed E-state index contributed by atoms with van der Waals surface area (Å²) in [7, 11) is 2.03. The fourth-order valence-electron chi connectivity index (χ4n) is 2.06. The third kappa shape index (κ3) is 4.19. The van der Waals surface area contributed by atoms with Gasteiger partial charge in [0.15, 0.2) is 0 Å². The Bertz CT molecular complexity index is 409. The highest BCUT2D eigenvalue weighted by Gasteiger charge is 2.15. The second-order valence-electron chi connectivity index (χ2n) is 4.51. The summed E-state index contributed by atoms with van der Waals surface area (Å²) < 4.78 is 2.01. The second kappa shape index (κ2) is 7.94. The highest BCUT2D eigenvalue weighted by molar-refractivity contribution is 5.15. The summed E-state index contributed by atoms with van der Waals surface area (Å²) >= 11 is 0. The molecule has 0 aromatic carbocycles. The molecule has 1 unspecified atom stereocenters. The summed E-state index contributed by atoms with van der Waals surface area (Å²) in [5.41, 5.74) is 2.44. The Morgan fingerprint density at radius 2 is 2.22 bits per heavy atom. The quantitative estimate of drug-likeness (QED) is 0.751. The molecule has 1 rings (SSSR count). The van der Waals surface area contributed by atoms with Crippen molar-refractivity contribution in [3.8, 4) is 11.8 Å². The minimum Gasteiger partial charge on any atom is -0.309 e. The topological polar surface area (TPSA) is 29.9 Å². The average Bonchev–Trinajstić information content (AvgIpc) is 2.75. The molecular formula is C15H25N3. The highest BCUT2D eigenvalue weighted by atomic mass is 15.3. The lowest BCUT2D eigenvalue weighted by molar-refractivity contribution is 0.473. The molecule has 18 heavy (non-hydrogen) atoms. The summed E-state index contributed by atoms with van der Waals surface area (Å²) in [6.07, 6.45) is 4.12. The summed E-state index contributed by atoms with van der Waals surface area (Å²) in [4.78, 5) is 0. The van der Waals surface area contributed by atoms with E-state index in [1.54, 1.807) is 0 Å². The molecule has 0 aliphatic heterocycles. The Balaban J connectivity index is 2.77. The van der Waals surface area contributed by atoms with Crippen LogP contribution in [0.15, 0.2) is 6.07 Å². The van der Waals surface area contributed by atoms with Crippen molar-refractivity contribution >= 4 is 0 Å². The monoisotopic (exact) mass is 247 g/mol. The smallest absolute Gasteiger partial charge is 0.0625 e. The molecule has 0 bridgehead atoms. The first-order chi connectivity index (χ1) is 8.72. The lowest BCUT2D eigenvalue weighted by Crippen LogP contribution is -2.24. The maximum absolute atomic E-state index is 4.53. The Morgan fingerprint density at radius 3 is 2.78 bits per heavy atom. The van der Waals surface area contributed by atoms with Crippen molar-refractivity contribution in [3.63, 3.8) is 0 Å². The van der Waals surface area contributed by atoms with Crippen molar-refractivity contribution in [2.75, 3.05) is 6.54 Å². The first kappa shape index (κ1) is 14.8. The number of aryl methyl sites for hydroxylation is 2. The van der Waals surface area contributed by atoms with Gasteiger partial charge in [-0.05, 0) is 38.8 Å². The van der Waals surface area contributed by atoms with E-state index < -0.39 is 0 Å². The van der Waals surface area contributed by atoms with Crippen LogP contribution in [-0.4, -0.2) is 16.3 Å². The van der Waals surface area contributed by atoms with Crippen LogP contribution in [0.25, 0.3) is 0 Å². The Hall–Kier alpha value is -1.27. The minimum atomic E-state index is 0.364. The van der Waals surface area contributed by atoms with Gasteiger partial charge in [0.25, 0.3) is 0 Å². The molecule has 1 atom stereocenters. The molecule has 1 heterocycles. The van der Waals surface area contributed by atoms with E-state index in [0.29, 0.717) is 6.04 Å². The van der Waals surface area contributed by atoms with Gasteiger partial charge >= 0.3 is 0 Å². The van der Waals surface area contributed by atoms with E-state index in [-0.39, 0.29) is 0 Å². The van der Waals surface area contributed by atoms with Crippen molar-refractivity contribution < 1.29 is 0 Å². The molecule has 1 N–H and O–H groups in total. The molecule has 1 aromatic heterocycles. The van der Waals surface area contributed by atoms with Crippen LogP contribution in [-0.2, 0) is 13.5 Å². The molecule has 1 aromatic rings. The van der Waals surface area contributed by atoms with Crippen LogP contribution in [0.5, 0.6) is 0 Å². The zero-order valence-corrected chi connectivity index (χ0v) is 12.1. The lowest BCUT2D eigenvalue weighted by Gasteiger charge is -2.17. The van der Waals surface area contributed by atoms with Gasteiger partial charge < -0.3 is 5.32 Å². The highest BCUT2D eigenvalue weighted by Crippen LogP contribution is 2.19. The molecule has 3 heteroatoms. The maximum Gasteiger partial charge on any atom is 0.0625 e. The van der Waals surface area contributed by atoms with Crippen LogP contribution in [0.1, 0.15) is 57.5 Å². The van der Waals surface area contributed by atoms with E-state index in [1.807, 2.05) is 18.7 Å². The van der Waals surface area contributed by atoms with Crippen molar-refractivity contribution in [1.29, 1.82) is 0 Å². The van der Waals surface area contributed by atoms with Crippen LogP contribution in [0.4, 0.5) is 0 Å². The van der Waals surface area contributed by atoms with Gasteiger partial charge in [-0.1, -0.05) is 13.8 Å². The second-order valence-corrected chi connectivity index (χ2v) is 4.51. The number of nitrogens with zero attached hydrogens (tertiary/aromatic N) is 2. The van der Waals surface area contributed by atoms with E-state index in [1.165, 1.54) is 5.69 Å². The van der Waals surface area contributed by atoms with Gasteiger partial charge in [-0.3, -0.25) is 4.68 Å². The zero-order chi connectivity index (χ0) is 13.4. The van der Waals surface area contributed by atoms with E-state index in [2.05, 4.69) is 42.2 Å². The first-order valence-electron chi connectivity index (χ1n) is 6.88. The molecule has 0 aliphatic carbocycles. The molecule has 0 fully saturated rings. The molecule has 0 aliphatic rings. The zero-order valence-electron chi connectivity index (χ0n) is 12.1. The third-order valence-corrected chi connectivity index (χ3v) is 3.06. The van der Waals surface area contributed by atoms with Gasteiger partial charge in [-0.25, -0.2) is 0 Å². The molecule has 0 amide bonds. The molecule has 100 valence electrons. The van der Waals surface area contributed by atoms with Crippen LogP contribution >= 0.6 is 0 Å². The fourth-order valence-corrected chi connectivity index (χ4v) is 2.06. The van der Waals surface area contributed by atoms with Crippen LogP contribution < -0.4 is 5.32 Å². The van der Waals surface area contributed by atoms with Crippen molar-refractivity contribution in [2.24, 2.45) is 7.05 Å². The Morgan fingerprint density at radius 1 is 1.44 bits per heavy atom. The van der Waals surface area contributed by atoms with E-state index in [4.69, 9.17) is 0 Å². The van der Waals surface area contributed by atoms with E-state index in [0.717, 1.165) is 37.9 Å². The number of aromatic nitrogens is 2. The van der Waals surface area contributed by atoms with Crippen molar-refractivity contribution in [3.05, 3.63) is 17.5 Å². The van der Waals surface area contributed by atoms with Crippen LogP contribution in [0.2, 0.25) is 0 Å². The number of nitrogens with one attached hydrogen (secondary N) is 1. The summed E-state index contributed by atoms with van der Waals surface area (Å²) in [6, 6.07) is 2.58. The lowest BCUT2D eigenvalue weighted by atomic mass is 10.1. The van der Waals surface area contributed by atoms with Crippen LogP contribution in [0, 0.1) is 11.8 Å². The predicted octanol–water partition coefficient (Wildman–Crippen LogP) is 2.83. The van der Waals surface area contributed by atoms with E-state index >= 15 is 0 Å². The van der Waals surface area contributed by atoms with Gasteiger partial charge in [-0.2, -0.15) is 5.10 Å². The van der Waals surface area contributed by atoms with Gasteiger partial charge in [-0.15, -0.1) is 11.8 Å². The summed E-state index contributed by atoms with van der Waals surface area (Å²) in [5, 5.41) is 8.12. The Labute approximate surface area is 111 Å². The average molecular weight is 247 g/mol. The van der Waals surface area contributed by atoms with Gasteiger partial charge in [0, 0.05) is 13.5 Å². The number of hydrogen-bond acceptors (Lipinski definition) is 2. The number of rotatable bonds is 7. The normalized spacial score (nSPS) is 12.0. The van der Waals surface area contributed by atoms with Crippen molar-refractivity contribution in [2.45, 2.75) is 52.5 Å². The molecular weight excluding hydrogens is 222 g/mol. The van der Waals surface area contributed by atoms with Crippen LogP contribution in [0.3, 0.4) is 0 Å². The van der Waals surface area contributed by atoms with E-state index in [9.17, 15) is 0 Å². The summed E-state index contributed by atoms with van der Waals surface area (Å²) in [5.74, 6) is 6.11. The SMILES string of the molecule is CC#CCCC(NCCC)c1cc(CC)nn1C. The van der Waals surface area contributed by atoms with Gasteiger partial charge in [0.2, 0.25) is 0 Å². The molecule has 0 saturated carbocycles. The minimum absolute atomic E-state index is 0.364. The standard InChI is InChI=1S/C15H25N3/c1-5-8-9-10-14(16-11-6-2)15-12-13(7-3)17-18(15)4/h12,14,16H,6-7,9-11H2,1-4H3. The largest absolute Gasteiger partial charge is 0.309 e. The van der Waals surface area contributed by atoms with Crippen molar-refractivity contribution in [1.82, 2.24) is 15.1 Å². The molecule has 3 nitrogen and oxygen atoms in total. The first-order valence-corrected chi connectivity index (χ1v) is 6.88. The molecule has 0 saturated heterocycles. The number of hydrogen-bond donors (Lipinski definition) is 1. The fraction of sp³-hybridized carbons (Fsp3) is 0.667.